The maximum atomic E-state index is 12.3. The van der Waals surface area contributed by atoms with Crippen LogP contribution in [0.3, 0.4) is 0 Å². The minimum atomic E-state index is -1.07. The van der Waals surface area contributed by atoms with Crippen LogP contribution in [0.5, 0.6) is 0 Å². The summed E-state index contributed by atoms with van der Waals surface area (Å²) in [6, 6.07) is 8.69. The summed E-state index contributed by atoms with van der Waals surface area (Å²) in [7, 11) is 0. The molecule has 1 saturated carbocycles. The number of imide groups is 1. The molecule has 0 unspecified atom stereocenters. The average Bonchev–Trinajstić information content (AvgIpc) is 3.27. The third kappa shape index (κ3) is 2.75. The van der Waals surface area contributed by atoms with Crippen LogP contribution < -0.4 is 16.0 Å². The standard InChI is InChI=1S/C17H16N4O4/c22-13(12-8-18-14(25-12)10-4-2-1-3-5-10)19-9-17(11-6-7-11)15(23)20-16(24)21-17/h1-5,8,11H,6-7,9H2,(H,19,22)(H2,20,21,23,24)/t17-/m0/s1. The Morgan fingerprint density at radius 3 is 2.68 bits per heavy atom. The summed E-state index contributed by atoms with van der Waals surface area (Å²) in [5.74, 6) is -0.454. The third-order valence-electron chi connectivity index (χ3n) is 4.52. The first kappa shape index (κ1) is 15.4. The van der Waals surface area contributed by atoms with Crippen molar-refractivity contribution in [3.8, 4) is 11.5 Å². The van der Waals surface area contributed by atoms with E-state index in [1.54, 1.807) is 0 Å². The molecule has 1 aliphatic carbocycles. The molecule has 0 radical (unpaired) electrons. The number of carbonyl (C=O) groups excluding carboxylic acids is 3. The van der Waals surface area contributed by atoms with Gasteiger partial charge in [-0.1, -0.05) is 18.2 Å². The number of benzene rings is 1. The van der Waals surface area contributed by atoms with Crippen molar-refractivity contribution in [1.82, 2.24) is 20.9 Å². The molecule has 0 bridgehead atoms. The summed E-state index contributed by atoms with van der Waals surface area (Å²) in [5.41, 5.74) is -0.312. The summed E-state index contributed by atoms with van der Waals surface area (Å²) in [6.07, 6.45) is 3.02. The van der Waals surface area contributed by atoms with Crippen LogP contribution in [0.15, 0.2) is 40.9 Å². The molecule has 1 saturated heterocycles. The van der Waals surface area contributed by atoms with Gasteiger partial charge in [-0.2, -0.15) is 0 Å². The second-order valence-corrected chi connectivity index (χ2v) is 6.23. The third-order valence-corrected chi connectivity index (χ3v) is 4.52. The topological polar surface area (TPSA) is 113 Å². The summed E-state index contributed by atoms with van der Waals surface area (Å²) in [6.45, 7) is 0.00937. The molecule has 25 heavy (non-hydrogen) atoms. The fourth-order valence-electron chi connectivity index (χ4n) is 3.04. The lowest BCUT2D eigenvalue weighted by atomic mass is 9.93. The molecule has 2 heterocycles. The van der Waals surface area contributed by atoms with Gasteiger partial charge in [0.05, 0.1) is 12.7 Å². The fourth-order valence-corrected chi connectivity index (χ4v) is 3.04. The zero-order valence-electron chi connectivity index (χ0n) is 13.2. The summed E-state index contributed by atoms with van der Waals surface area (Å²) in [4.78, 5) is 40.1. The summed E-state index contributed by atoms with van der Waals surface area (Å²) >= 11 is 0. The molecule has 2 aliphatic rings. The molecule has 1 atom stereocenters. The van der Waals surface area contributed by atoms with E-state index in [0.29, 0.717) is 5.89 Å². The van der Waals surface area contributed by atoms with Crippen LogP contribution in [0.2, 0.25) is 0 Å². The Kier molecular flexibility index (Phi) is 3.52. The Labute approximate surface area is 143 Å². The summed E-state index contributed by atoms with van der Waals surface area (Å²) in [5, 5.41) is 7.57. The highest BCUT2D eigenvalue weighted by molar-refractivity contribution is 6.08. The van der Waals surface area contributed by atoms with Gasteiger partial charge in [-0.15, -0.1) is 0 Å². The molecule has 8 nitrogen and oxygen atoms in total. The van der Waals surface area contributed by atoms with Crippen LogP contribution in [0.1, 0.15) is 23.4 Å². The monoisotopic (exact) mass is 340 g/mol. The van der Waals surface area contributed by atoms with Crippen molar-refractivity contribution in [2.45, 2.75) is 18.4 Å². The van der Waals surface area contributed by atoms with Gasteiger partial charge < -0.3 is 15.1 Å². The summed E-state index contributed by atoms with van der Waals surface area (Å²) < 4.78 is 5.49. The second kappa shape index (κ2) is 5.73. The normalized spacial score (nSPS) is 22.4. The van der Waals surface area contributed by atoms with E-state index in [1.165, 1.54) is 6.20 Å². The molecule has 8 heteroatoms. The van der Waals surface area contributed by atoms with Gasteiger partial charge in [-0.05, 0) is 30.9 Å². The van der Waals surface area contributed by atoms with Crippen molar-refractivity contribution >= 4 is 17.8 Å². The predicted molar refractivity (Wildman–Crippen MR) is 86.4 cm³/mol. The van der Waals surface area contributed by atoms with E-state index in [2.05, 4.69) is 20.9 Å². The van der Waals surface area contributed by atoms with E-state index in [-0.39, 0.29) is 18.2 Å². The number of hydrogen-bond acceptors (Lipinski definition) is 5. The largest absolute Gasteiger partial charge is 0.431 e. The number of urea groups is 1. The minimum absolute atomic E-state index is 0.00937. The van der Waals surface area contributed by atoms with Gasteiger partial charge in [0, 0.05) is 5.56 Å². The van der Waals surface area contributed by atoms with Gasteiger partial charge in [0.15, 0.2) is 0 Å². The number of nitrogens with zero attached hydrogens (tertiary/aromatic N) is 1. The predicted octanol–water partition coefficient (Wildman–Crippen LogP) is 1.06. The molecular weight excluding hydrogens is 324 g/mol. The highest BCUT2D eigenvalue weighted by Crippen LogP contribution is 2.41. The fraction of sp³-hybridized carbons (Fsp3) is 0.294. The number of aromatic nitrogens is 1. The molecule has 128 valence electrons. The molecule has 1 aliphatic heterocycles. The number of carbonyl (C=O) groups is 3. The van der Waals surface area contributed by atoms with E-state index < -0.39 is 23.4 Å². The first-order chi connectivity index (χ1) is 12.1. The number of oxazole rings is 1. The second-order valence-electron chi connectivity index (χ2n) is 6.23. The van der Waals surface area contributed by atoms with Gasteiger partial charge in [-0.25, -0.2) is 9.78 Å². The smallest absolute Gasteiger partial charge is 0.322 e. The number of rotatable bonds is 5. The maximum absolute atomic E-state index is 12.3. The lowest BCUT2D eigenvalue weighted by molar-refractivity contribution is -0.124. The van der Waals surface area contributed by atoms with E-state index in [9.17, 15) is 14.4 Å². The van der Waals surface area contributed by atoms with Crippen molar-refractivity contribution in [2.24, 2.45) is 5.92 Å². The van der Waals surface area contributed by atoms with Gasteiger partial charge in [-0.3, -0.25) is 14.9 Å². The molecule has 1 aromatic carbocycles. The van der Waals surface area contributed by atoms with Crippen molar-refractivity contribution in [3.63, 3.8) is 0 Å². The molecular formula is C17H16N4O4. The minimum Gasteiger partial charge on any atom is -0.431 e. The van der Waals surface area contributed by atoms with Crippen LogP contribution in [-0.2, 0) is 4.79 Å². The molecule has 0 spiro atoms. The van der Waals surface area contributed by atoms with E-state index in [1.807, 2.05) is 30.3 Å². The zero-order valence-corrected chi connectivity index (χ0v) is 13.2. The van der Waals surface area contributed by atoms with Gasteiger partial charge in [0.25, 0.3) is 11.8 Å². The first-order valence-electron chi connectivity index (χ1n) is 8.01. The molecule has 4 rings (SSSR count). The molecule has 4 amide bonds. The number of amides is 4. The van der Waals surface area contributed by atoms with Crippen LogP contribution in [0.4, 0.5) is 4.79 Å². The average molecular weight is 340 g/mol. The Morgan fingerprint density at radius 1 is 1.28 bits per heavy atom. The Morgan fingerprint density at radius 2 is 2.04 bits per heavy atom. The Bertz CT molecular complexity index is 843. The van der Waals surface area contributed by atoms with Crippen molar-refractivity contribution in [1.29, 1.82) is 0 Å². The lowest BCUT2D eigenvalue weighted by Gasteiger charge is -2.25. The van der Waals surface area contributed by atoms with Gasteiger partial charge in [0.2, 0.25) is 11.7 Å². The molecule has 2 aromatic rings. The molecule has 2 fully saturated rings. The highest BCUT2D eigenvalue weighted by atomic mass is 16.4. The van der Waals surface area contributed by atoms with Gasteiger partial charge >= 0.3 is 6.03 Å². The van der Waals surface area contributed by atoms with E-state index in [0.717, 1.165) is 18.4 Å². The van der Waals surface area contributed by atoms with Crippen LogP contribution in [-0.4, -0.2) is 34.9 Å². The molecule has 3 N–H and O–H groups in total. The van der Waals surface area contributed by atoms with Crippen LogP contribution in [0.25, 0.3) is 11.5 Å². The van der Waals surface area contributed by atoms with Crippen molar-refractivity contribution in [2.75, 3.05) is 6.54 Å². The number of hydrogen-bond donors (Lipinski definition) is 3. The highest BCUT2D eigenvalue weighted by Gasteiger charge is 2.56. The van der Waals surface area contributed by atoms with Crippen molar-refractivity contribution < 1.29 is 18.8 Å². The maximum Gasteiger partial charge on any atom is 0.322 e. The quantitative estimate of drug-likeness (QED) is 0.704. The van der Waals surface area contributed by atoms with Crippen molar-refractivity contribution in [3.05, 3.63) is 42.3 Å². The van der Waals surface area contributed by atoms with E-state index in [4.69, 9.17) is 4.42 Å². The zero-order chi connectivity index (χ0) is 17.4. The Balaban J connectivity index is 1.47. The van der Waals surface area contributed by atoms with Crippen LogP contribution >= 0.6 is 0 Å². The number of nitrogens with one attached hydrogen (secondary N) is 3. The lowest BCUT2D eigenvalue weighted by Crippen LogP contribution is -2.57. The molecule has 1 aromatic heterocycles. The van der Waals surface area contributed by atoms with Gasteiger partial charge in [0.1, 0.15) is 5.54 Å². The first-order valence-corrected chi connectivity index (χ1v) is 8.01. The Hall–Kier alpha value is -3.16. The van der Waals surface area contributed by atoms with E-state index >= 15 is 0 Å². The van der Waals surface area contributed by atoms with Crippen LogP contribution in [0, 0.1) is 5.92 Å². The SMILES string of the molecule is O=C1NC(=O)[C@](CNC(=O)c2cnc(-c3ccccc3)o2)(C2CC2)N1.